The van der Waals surface area contributed by atoms with Crippen LogP contribution >= 0.6 is 0 Å². The molecule has 1 aliphatic rings. The van der Waals surface area contributed by atoms with E-state index in [0.29, 0.717) is 24.7 Å². The molecule has 4 heteroatoms. The monoisotopic (exact) mass is 400 g/mol. The summed E-state index contributed by atoms with van der Waals surface area (Å²) in [5.41, 5.74) is 2.08. The Morgan fingerprint density at radius 2 is 1.83 bits per heavy atom. The van der Waals surface area contributed by atoms with Gasteiger partial charge < -0.3 is 9.47 Å². The normalized spacial score (nSPS) is 19.6. The number of unbranched alkanes of at least 4 members (excludes halogenated alkanes) is 1. The first-order chi connectivity index (χ1) is 14.1. The minimum atomic E-state index is -0.922. The van der Waals surface area contributed by atoms with Crippen molar-refractivity contribution < 1.29 is 18.3 Å². The van der Waals surface area contributed by atoms with E-state index in [1.54, 1.807) is 6.07 Å². The summed E-state index contributed by atoms with van der Waals surface area (Å²) in [4.78, 5) is 0. The van der Waals surface area contributed by atoms with Crippen molar-refractivity contribution in [1.29, 1.82) is 0 Å². The fourth-order valence-corrected chi connectivity index (χ4v) is 3.60. The lowest BCUT2D eigenvalue weighted by Gasteiger charge is -2.27. The Kier molecular flexibility index (Phi) is 7.82. The molecule has 1 aliphatic heterocycles. The third-order valence-corrected chi connectivity index (χ3v) is 5.39. The minimum Gasteiger partial charge on any atom is -0.490 e. The van der Waals surface area contributed by atoms with Gasteiger partial charge in [-0.05, 0) is 48.9 Å². The van der Waals surface area contributed by atoms with Crippen LogP contribution in [0.2, 0.25) is 0 Å². The number of allylic oxidation sites excluding steroid dienone is 1. The van der Waals surface area contributed by atoms with Crippen LogP contribution in [0.5, 0.6) is 5.75 Å². The highest BCUT2D eigenvalue weighted by Gasteiger charge is 2.22. The quantitative estimate of drug-likeness (QED) is 0.349. The SMILES string of the molecule is CCC=CC1CCC(c2ccc(-c3ccc(OCCCC)c(F)c3F)cc2)CO1. The summed E-state index contributed by atoms with van der Waals surface area (Å²) in [6.45, 7) is 5.21. The molecular weight excluding hydrogens is 370 g/mol. The van der Waals surface area contributed by atoms with Gasteiger partial charge in [-0.15, -0.1) is 0 Å². The molecule has 2 aromatic carbocycles. The molecule has 0 saturated carbocycles. The molecule has 29 heavy (non-hydrogen) atoms. The van der Waals surface area contributed by atoms with Crippen molar-refractivity contribution in [3.8, 4) is 16.9 Å². The molecule has 0 aromatic heterocycles. The van der Waals surface area contributed by atoms with Crippen molar-refractivity contribution in [3.05, 3.63) is 65.7 Å². The van der Waals surface area contributed by atoms with Crippen LogP contribution in [0.15, 0.2) is 48.6 Å². The molecule has 0 radical (unpaired) electrons. The number of halogens is 2. The van der Waals surface area contributed by atoms with Crippen molar-refractivity contribution in [1.82, 2.24) is 0 Å². The van der Waals surface area contributed by atoms with Crippen molar-refractivity contribution in [2.45, 2.75) is 58.0 Å². The summed E-state index contributed by atoms with van der Waals surface area (Å²) < 4.78 is 40.2. The van der Waals surface area contributed by atoms with Gasteiger partial charge in [0.25, 0.3) is 0 Å². The van der Waals surface area contributed by atoms with E-state index >= 15 is 0 Å². The van der Waals surface area contributed by atoms with E-state index in [4.69, 9.17) is 9.47 Å². The number of rotatable bonds is 8. The maximum absolute atomic E-state index is 14.6. The van der Waals surface area contributed by atoms with Gasteiger partial charge in [-0.1, -0.05) is 56.7 Å². The van der Waals surface area contributed by atoms with Crippen LogP contribution in [0.3, 0.4) is 0 Å². The van der Waals surface area contributed by atoms with E-state index in [1.165, 1.54) is 11.6 Å². The number of hydrogen-bond donors (Lipinski definition) is 0. The fourth-order valence-electron chi connectivity index (χ4n) is 3.60. The van der Waals surface area contributed by atoms with E-state index < -0.39 is 11.6 Å². The summed E-state index contributed by atoms with van der Waals surface area (Å²) >= 11 is 0. The molecule has 1 heterocycles. The smallest absolute Gasteiger partial charge is 0.201 e. The highest BCUT2D eigenvalue weighted by Crippen LogP contribution is 2.33. The van der Waals surface area contributed by atoms with Gasteiger partial charge in [0.05, 0.1) is 19.3 Å². The van der Waals surface area contributed by atoms with Crippen LogP contribution < -0.4 is 4.74 Å². The summed E-state index contributed by atoms with van der Waals surface area (Å²) in [7, 11) is 0. The van der Waals surface area contributed by atoms with Crippen LogP contribution in [-0.4, -0.2) is 19.3 Å². The Balaban J connectivity index is 1.67. The van der Waals surface area contributed by atoms with Crippen molar-refractivity contribution >= 4 is 0 Å². The van der Waals surface area contributed by atoms with Gasteiger partial charge in [-0.2, -0.15) is 4.39 Å². The van der Waals surface area contributed by atoms with Crippen LogP contribution in [-0.2, 0) is 4.74 Å². The molecule has 0 N–H and O–H groups in total. The molecule has 1 fully saturated rings. The molecule has 3 rings (SSSR count). The Hall–Kier alpha value is -2.20. The Morgan fingerprint density at radius 1 is 1.03 bits per heavy atom. The molecule has 0 spiro atoms. The largest absolute Gasteiger partial charge is 0.490 e. The fraction of sp³-hybridized carbons (Fsp3) is 0.440. The Labute approximate surface area is 172 Å². The first-order valence-electron chi connectivity index (χ1n) is 10.6. The molecule has 0 aliphatic carbocycles. The van der Waals surface area contributed by atoms with Gasteiger partial charge in [-0.3, -0.25) is 0 Å². The average Bonchev–Trinajstić information content (AvgIpc) is 2.76. The number of ether oxygens (including phenoxy) is 2. The Bertz CT molecular complexity index is 806. The summed E-state index contributed by atoms with van der Waals surface area (Å²) in [5.74, 6) is -1.47. The zero-order valence-electron chi connectivity index (χ0n) is 17.3. The molecule has 2 atom stereocenters. The summed E-state index contributed by atoms with van der Waals surface area (Å²) in [6.07, 6.45) is 9.34. The zero-order valence-corrected chi connectivity index (χ0v) is 17.3. The number of hydrogen-bond acceptors (Lipinski definition) is 2. The van der Waals surface area contributed by atoms with Crippen LogP contribution in [0.25, 0.3) is 11.1 Å². The zero-order chi connectivity index (χ0) is 20.6. The van der Waals surface area contributed by atoms with E-state index in [1.807, 2.05) is 31.2 Å². The lowest BCUT2D eigenvalue weighted by Crippen LogP contribution is -2.23. The second-order valence-corrected chi connectivity index (χ2v) is 7.55. The predicted molar refractivity (Wildman–Crippen MR) is 113 cm³/mol. The maximum atomic E-state index is 14.6. The van der Waals surface area contributed by atoms with Crippen molar-refractivity contribution in [3.63, 3.8) is 0 Å². The Morgan fingerprint density at radius 3 is 2.48 bits per heavy atom. The van der Waals surface area contributed by atoms with Crippen LogP contribution in [0, 0.1) is 11.6 Å². The summed E-state index contributed by atoms with van der Waals surface area (Å²) in [5, 5.41) is 0. The van der Waals surface area contributed by atoms with Gasteiger partial charge in [0.1, 0.15) is 0 Å². The molecule has 0 bridgehead atoms. The van der Waals surface area contributed by atoms with Gasteiger partial charge >= 0.3 is 0 Å². The third-order valence-electron chi connectivity index (χ3n) is 5.39. The van der Waals surface area contributed by atoms with Gasteiger partial charge in [0, 0.05) is 11.5 Å². The molecule has 2 aromatic rings. The van der Waals surface area contributed by atoms with Crippen molar-refractivity contribution in [2.75, 3.05) is 13.2 Å². The van der Waals surface area contributed by atoms with Crippen LogP contribution in [0.4, 0.5) is 8.78 Å². The van der Waals surface area contributed by atoms with E-state index in [-0.39, 0.29) is 17.4 Å². The second kappa shape index (κ2) is 10.5. The van der Waals surface area contributed by atoms with E-state index in [2.05, 4.69) is 19.1 Å². The highest BCUT2D eigenvalue weighted by molar-refractivity contribution is 5.65. The van der Waals surface area contributed by atoms with Crippen molar-refractivity contribution in [2.24, 2.45) is 0 Å². The third kappa shape index (κ3) is 5.45. The average molecular weight is 401 g/mol. The highest BCUT2D eigenvalue weighted by atomic mass is 19.2. The standard InChI is InChI=1S/C25H30F2O2/c1-3-5-7-21-13-12-20(17-29-21)18-8-10-19(11-9-18)22-14-15-23(25(27)24(22)26)28-16-6-4-2/h5,7-11,14-15,20-21H,3-4,6,12-13,16-17H2,1-2H3. The van der Waals surface area contributed by atoms with E-state index in [0.717, 1.165) is 32.1 Å². The molecule has 2 nitrogen and oxygen atoms in total. The minimum absolute atomic E-state index is 0.0256. The number of benzene rings is 2. The lowest BCUT2D eigenvalue weighted by atomic mass is 9.90. The first-order valence-corrected chi connectivity index (χ1v) is 10.6. The lowest BCUT2D eigenvalue weighted by molar-refractivity contribution is 0.0326. The van der Waals surface area contributed by atoms with Crippen LogP contribution in [0.1, 0.15) is 57.4 Å². The molecule has 156 valence electrons. The van der Waals surface area contributed by atoms with Gasteiger partial charge in [0.2, 0.25) is 5.82 Å². The summed E-state index contributed by atoms with van der Waals surface area (Å²) in [6, 6.07) is 10.8. The molecular formula is C25H30F2O2. The molecule has 2 unspecified atom stereocenters. The molecule has 0 amide bonds. The second-order valence-electron chi connectivity index (χ2n) is 7.55. The predicted octanol–water partition coefficient (Wildman–Crippen LogP) is 7.04. The molecule has 1 saturated heterocycles. The van der Waals surface area contributed by atoms with E-state index in [9.17, 15) is 8.78 Å². The first kappa shape index (κ1) is 21.5. The van der Waals surface area contributed by atoms with Gasteiger partial charge in [0.15, 0.2) is 11.6 Å². The topological polar surface area (TPSA) is 18.5 Å². The maximum Gasteiger partial charge on any atom is 0.201 e. The van der Waals surface area contributed by atoms with Gasteiger partial charge in [-0.25, -0.2) is 4.39 Å².